The highest BCUT2D eigenvalue weighted by atomic mass is 79.9. The maximum atomic E-state index is 12.2. The van der Waals surface area contributed by atoms with Gasteiger partial charge < -0.3 is 5.73 Å². The summed E-state index contributed by atoms with van der Waals surface area (Å²) in [7, 11) is -3.75. The molecule has 0 amide bonds. The summed E-state index contributed by atoms with van der Waals surface area (Å²) in [5.41, 5.74) is 5.81. The molecule has 0 radical (unpaired) electrons. The number of nitrogens with one attached hydrogen (secondary N) is 2. The lowest BCUT2D eigenvalue weighted by Crippen LogP contribution is -2.17. The van der Waals surface area contributed by atoms with E-state index < -0.39 is 10.0 Å². The molecular formula is C10H9BrN4O2S2. The second-order valence-corrected chi connectivity index (χ2v) is 6.50. The number of benzene rings is 1. The summed E-state index contributed by atoms with van der Waals surface area (Å²) in [6.45, 7) is 0. The number of halogens is 1. The van der Waals surface area contributed by atoms with Gasteiger partial charge in [0.1, 0.15) is 15.7 Å². The molecule has 1 aromatic carbocycles. The highest BCUT2D eigenvalue weighted by molar-refractivity contribution is 9.10. The molecule has 0 aliphatic heterocycles. The standard InChI is InChI=1S/C10H9BrN4O2S2/c11-7-3-1-2-4-8(7)19(16,17)15-10-6(9(12)18)5-13-14-10/h1-5H,(H2,12,18)(H2,13,14,15). The first-order valence-corrected chi connectivity index (χ1v) is 7.71. The maximum absolute atomic E-state index is 12.2. The molecule has 0 aliphatic carbocycles. The van der Waals surface area contributed by atoms with Crippen molar-refractivity contribution >= 4 is 49.0 Å². The summed E-state index contributed by atoms with van der Waals surface area (Å²) in [5.74, 6) is 0.142. The fraction of sp³-hybridized carbons (Fsp3) is 0. The average molecular weight is 361 g/mol. The van der Waals surface area contributed by atoms with Gasteiger partial charge in [-0.1, -0.05) is 24.4 Å². The maximum Gasteiger partial charge on any atom is 0.264 e. The zero-order valence-corrected chi connectivity index (χ0v) is 12.6. The van der Waals surface area contributed by atoms with Crippen LogP contribution >= 0.6 is 28.1 Å². The van der Waals surface area contributed by atoms with Crippen molar-refractivity contribution in [3.05, 3.63) is 40.5 Å². The largest absolute Gasteiger partial charge is 0.389 e. The quantitative estimate of drug-likeness (QED) is 0.719. The van der Waals surface area contributed by atoms with Crippen LogP contribution in [0.2, 0.25) is 0 Å². The van der Waals surface area contributed by atoms with Crippen LogP contribution < -0.4 is 10.5 Å². The van der Waals surface area contributed by atoms with Crippen molar-refractivity contribution in [2.45, 2.75) is 4.90 Å². The normalized spacial score (nSPS) is 11.2. The molecule has 2 aromatic rings. The lowest BCUT2D eigenvalue weighted by Gasteiger charge is -2.09. The van der Waals surface area contributed by atoms with E-state index in [0.717, 1.165) is 0 Å². The third-order valence-electron chi connectivity index (χ3n) is 2.27. The zero-order valence-electron chi connectivity index (χ0n) is 9.42. The number of aromatic nitrogens is 2. The van der Waals surface area contributed by atoms with Crippen LogP contribution in [0.1, 0.15) is 5.56 Å². The minimum atomic E-state index is -3.75. The minimum Gasteiger partial charge on any atom is -0.389 e. The van der Waals surface area contributed by atoms with Crippen LogP contribution in [0.4, 0.5) is 5.82 Å². The molecule has 1 aromatic heterocycles. The van der Waals surface area contributed by atoms with Gasteiger partial charge in [-0.15, -0.1) is 0 Å². The molecule has 0 bridgehead atoms. The Morgan fingerprint density at radius 1 is 1.42 bits per heavy atom. The summed E-state index contributed by atoms with van der Waals surface area (Å²) in [6, 6.07) is 6.46. The number of thiocarbonyl (C=S) groups is 1. The lowest BCUT2D eigenvalue weighted by atomic mass is 10.3. The van der Waals surface area contributed by atoms with Crippen molar-refractivity contribution in [1.82, 2.24) is 10.2 Å². The van der Waals surface area contributed by atoms with E-state index in [9.17, 15) is 8.42 Å². The number of hydrogen-bond acceptors (Lipinski definition) is 4. The SMILES string of the molecule is NC(=S)c1cn[nH]c1NS(=O)(=O)c1ccccc1Br. The van der Waals surface area contributed by atoms with Gasteiger partial charge in [0.25, 0.3) is 10.0 Å². The van der Waals surface area contributed by atoms with Crippen LogP contribution in [-0.2, 0) is 10.0 Å². The second kappa shape index (κ2) is 5.27. The van der Waals surface area contributed by atoms with Gasteiger partial charge in [-0.25, -0.2) is 8.42 Å². The van der Waals surface area contributed by atoms with Crippen molar-refractivity contribution in [2.24, 2.45) is 5.73 Å². The van der Waals surface area contributed by atoms with Crippen molar-refractivity contribution in [3.8, 4) is 0 Å². The van der Waals surface area contributed by atoms with Gasteiger partial charge in [-0.3, -0.25) is 9.82 Å². The van der Waals surface area contributed by atoms with Crippen LogP contribution in [0.15, 0.2) is 39.8 Å². The van der Waals surface area contributed by atoms with Gasteiger partial charge in [0, 0.05) is 4.47 Å². The molecule has 0 spiro atoms. The van der Waals surface area contributed by atoms with Crippen LogP contribution in [0, 0.1) is 0 Å². The monoisotopic (exact) mass is 360 g/mol. The Balaban J connectivity index is 2.40. The predicted octanol–water partition coefficient (Wildman–Crippen LogP) is 1.61. The van der Waals surface area contributed by atoms with E-state index in [1.54, 1.807) is 18.2 Å². The molecule has 0 aliphatic rings. The summed E-state index contributed by atoms with van der Waals surface area (Å²) in [4.78, 5) is 0.164. The average Bonchev–Trinajstić information content (AvgIpc) is 2.76. The molecule has 1 heterocycles. The molecular weight excluding hydrogens is 352 g/mol. The van der Waals surface area contributed by atoms with E-state index in [2.05, 4.69) is 30.8 Å². The number of hydrogen-bond donors (Lipinski definition) is 3. The third-order valence-corrected chi connectivity index (χ3v) is 4.85. The molecule has 0 fully saturated rings. The lowest BCUT2D eigenvalue weighted by molar-refractivity contribution is 0.600. The predicted molar refractivity (Wildman–Crippen MR) is 79.4 cm³/mol. The topological polar surface area (TPSA) is 101 Å². The second-order valence-electron chi connectivity index (χ2n) is 3.56. The molecule has 0 atom stereocenters. The minimum absolute atomic E-state index is 0.0542. The number of sulfonamides is 1. The van der Waals surface area contributed by atoms with E-state index in [1.807, 2.05) is 0 Å². The van der Waals surface area contributed by atoms with Crippen molar-refractivity contribution in [3.63, 3.8) is 0 Å². The number of nitrogens with two attached hydrogens (primary N) is 1. The van der Waals surface area contributed by atoms with Crippen molar-refractivity contribution in [1.29, 1.82) is 0 Å². The Hall–Kier alpha value is -1.45. The Bertz CT molecular complexity index is 727. The molecule has 0 saturated heterocycles. The molecule has 2 rings (SSSR count). The fourth-order valence-corrected chi connectivity index (χ4v) is 3.60. The third kappa shape index (κ3) is 2.94. The van der Waals surface area contributed by atoms with Gasteiger partial charge in [-0.2, -0.15) is 5.10 Å². The summed E-state index contributed by atoms with van der Waals surface area (Å²) in [5, 5.41) is 6.22. The summed E-state index contributed by atoms with van der Waals surface area (Å²) < 4.78 is 27.3. The van der Waals surface area contributed by atoms with Gasteiger partial charge in [0.2, 0.25) is 0 Å². The van der Waals surface area contributed by atoms with E-state index in [-0.39, 0.29) is 15.7 Å². The molecule has 9 heteroatoms. The highest BCUT2D eigenvalue weighted by Gasteiger charge is 2.20. The summed E-state index contributed by atoms with van der Waals surface area (Å²) in [6.07, 6.45) is 1.36. The van der Waals surface area contributed by atoms with Crippen LogP contribution in [-0.4, -0.2) is 23.6 Å². The molecule has 19 heavy (non-hydrogen) atoms. The zero-order chi connectivity index (χ0) is 14.0. The summed E-state index contributed by atoms with van der Waals surface area (Å²) >= 11 is 8.00. The Morgan fingerprint density at radius 3 is 2.74 bits per heavy atom. The highest BCUT2D eigenvalue weighted by Crippen LogP contribution is 2.24. The number of nitrogens with zero attached hydrogens (tertiary/aromatic N) is 1. The first-order chi connectivity index (χ1) is 8.92. The van der Waals surface area contributed by atoms with E-state index in [0.29, 0.717) is 10.0 Å². The number of H-pyrrole nitrogens is 1. The molecule has 0 saturated carbocycles. The molecule has 4 N–H and O–H groups in total. The van der Waals surface area contributed by atoms with Crippen molar-refractivity contribution < 1.29 is 8.42 Å². The van der Waals surface area contributed by atoms with Crippen LogP contribution in [0.25, 0.3) is 0 Å². The van der Waals surface area contributed by atoms with Gasteiger partial charge in [0.05, 0.1) is 11.8 Å². The van der Waals surface area contributed by atoms with Crippen LogP contribution in [0.5, 0.6) is 0 Å². The Morgan fingerprint density at radius 2 is 2.11 bits per heavy atom. The Kier molecular flexibility index (Phi) is 3.88. The number of rotatable bonds is 4. The smallest absolute Gasteiger partial charge is 0.264 e. The first kappa shape index (κ1) is 14.0. The van der Waals surface area contributed by atoms with Gasteiger partial charge >= 0.3 is 0 Å². The van der Waals surface area contributed by atoms with Crippen molar-refractivity contribution in [2.75, 3.05) is 4.72 Å². The fourth-order valence-electron chi connectivity index (χ4n) is 1.40. The molecule has 100 valence electrons. The Labute approximate surface area is 123 Å². The molecule has 0 unspecified atom stereocenters. The number of aromatic amines is 1. The molecule has 6 nitrogen and oxygen atoms in total. The van der Waals surface area contributed by atoms with Gasteiger partial charge in [-0.05, 0) is 28.1 Å². The van der Waals surface area contributed by atoms with E-state index >= 15 is 0 Å². The van der Waals surface area contributed by atoms with E-state index in [1.165, 1.54) is 12.3 Å². The van der Waals surface area contributed by atoms with Crippen LogP contribution in [0.3, 0.4) is 0 Å². The van der Waals surface area contributed by atoms with Gasteiger partial charge in [0.15, 0.2) is 0 Å². The van der Waals surface area contributed by atoms with E-state index in [4.69, 9.17) is 18.0 Å². The first-order valence-electron chi connectivity index (χ1n) is 5.02. The number of anilines is 1.